The maximum atomic E-state index is 12.6. The number of amides is 1. The Balaban J connectivity index is 1.77. The minimum Gasteiger partial charge on any atom is -0.507 e. The number of phenolic OH excluding ortho intramolecular Hbond substituents is 1. The van der Waals surface area contributed by atoms with E-state index in [0.717, 1.165) is 27.9 Å². The van der Waals surface area contributed by atoms with Crippen molar-refractivity contribution in [3.8, 4) is 5.75 Å². The summed E-state index contributed by atoms with van der Waals surface area (Å²) in [5, 5.41) is 15.0. The predicted molar refractivity (Wildman–Crippen MR) is 100 cm³/mol. The van der Waals surface area contributed by atoms with E-state index in [4.69, 9.17) is 0 Å². The van der Waals surface area contributed by atoms with E-state index in [-0.39, 0.29) is 5.91 Å². The van der Waals surface area contributed by atoms with Gasteiger partial charge in [0, 0.05) is 15.9 Å². The van der Waals surface area contributed by atoms with Gasteiger partial charge in [0.25, 0.3) is 5.91 Å². The number of carbonyl (C=O) groups excluding carboxylic acids is 1. The molecule has 1 fully saturated rings. The van der Waals surface area contributed by atoms with Gasteiger partial charge in [-0.3, -0.25) is 4.79 Å². The third kappa shape index (κ3) is 3.34. The number of hydrogen-bond acceptors (Lipinski definition) is 3. The number of aryl methyl sites for hydroxylation is 1. The van der Waals surface area contributed by atoms with Crippen molar-refractivity contribution in [1.82, 2.24) is 0 Å². The minimum atomic E-state index is -0.0686. The summed E-state index contributed by atoms with van der Waals surface area (Å²) in [5.74, 6) is 0.867. The molecule has 1 aromatic carbocycles. The van der Waals surface area contributed by atoms with Crippen LogP contribution in [0.1, 0.15) is 69.9 Å². The SMILES string of the molecule is Cc1cc(NC(=O)c2csc(C3CCCCC3)c2)c(C)c(C)c1O. The Hall–Kier alpha value is -1.81. The highest BCUT2D eigenvalue weighted by Crippen LogP contribution is 2.36. The van der Waals surface area contributed by atoms with Crippen LogP contribution >= 0.6 is 11.3 Å². The molecule has 128 valence electrons. The molecule has 1 aliphatic rings. The van der Waals surface area contributed by atoms with Gasteiger partial charge < -0.3 is 10.4 Å². The molecule has 0 radical (unpaired) electrons. The Morgan fingerprint density at radius 1 is 1.12 bits per heavy atom. The second kappa shape index (κ2) is 6.98. The number of benzene rings is 1. The van der Waals surface area contributed by atoms with Crippen LogP contribution in [0.2, 0.25) is 0 Å². The minimum absolute atomic E-state index is 0.0686. The summed E-state index contributed by atoms with van der Waals surface area (Å²) in [6.07, 6.45) is 6.44. The van der Waals surface area contributed by atoms with Crippen LogP contribution < -0.4 is 5.32 Å². The Labute approximate surface area is 147 Å². The third-order valence-corrected chi connectivity index (χ3v) is 6.29. The lowest BCUT2D eigenvalue weighted by molar-refractivity contribution is 0.102. The highest BCUT2D eigenvalue weighted by Gasteiger charge is 2.19. The predicted octanol–water partition coefficient (Wildman–Crippen LogP) is 5.68. The Morgan fingerprint density at radius 3 is 2.54 bits per heavy atom. The molecule has 1 aromatic heterocycles. The largest absolute Gasteiger partial charge is 0.507 e. The van der Waals surface area contributed by atoms with Crippen LogP contribution in [0.15, 0.2) is 17.5 Å². The second-order valence-corrected chi connectivity index (χ2v) is 7.81. The first-order valence-corrected chi connectivity index (χ1v) is 9.55. The van der Waals surface area contributed by atoms with Crippen LogP contribution in [0.3, 0.4) is 0 Å². The molecule has 2 aromatic rings. The van der Waals surface area contributed by atoms with Crippen LogP contribution in [0.5, 0.6) is 5.75 Å². The number of aromatic hydroxyl groups is 1. The van der Waals surface area contributed by atoms with Gasteiger partial charge in [-0.2, -0.15) is 0 Å². The Kier molecular flexibility index (Phi) is 4.95. The van der Waals surface area contributed by atoms with E-state index in [2.05, 4.69) is 11.4 Å². The molecule has 0 bridgehead atoms. The van der Waals surface area contributed by atoms with Crippen LogP contribution in [0.4, 0.5) is 5.69 Å². The van der Waals surface area contributed by atoms with E-state index in [1.807, 2.05) is 32.2 Å². The average molecular weight is 343 g/mol. The molecule has 0 atom stereocenters. The first-order chi connectivity index (χ1) is 11.5. The molecule has 1 saturated carbocycles. The summed E-state index contributed by atoms with van der Waals surface area (Å²) in [6, 6.07) is 3.90. The van der Waals surface area contributed by atoms with Crippen molar-refractivity contribution >= 4 is 22.9 Å². The lowest BCUT2D eigenvalue weighted by Crippen LogP contribution is -2.12. The van der Waals surface area contributed by atoms with E-state index in [1.165, 1.54) is 37.0 Å². The maximum absolute atomic E-state index is 12.6. The van der Waals surface area contributed by atoms with E-state index >= 15 is 0 Å². The van der Waals surface area contributed by atoms with E-state index < -0.39 is 0 Å². The van der Waals surface area contributed by atoms with Crippen molar-refractivity contribution in [3.63, 3.8) is 0 Å². The first kappa shape index (κ1) is 17.0. The molecule has 24 heavy (non-hydrogen) atoms. The van der Waals surface area contributed by atoms with E-state index in [0.29, 0.717) is 11.7 Å². The van der Waals surface area contributed by atoms with E-state index in [9.17, 15) is 9.90 Å². The molecule has 0 unspecified atom stereocenters. The third-order valence-electron chi connectivity index (χ3n) is 5.19. The smallest absolute Gasteiger partial charge is 0.256 e. The van der Waals surface area contributed by atoms with Crippen LogP contribution in [0.25, 0.3) is 0 Å². The second-order valence-electron chi connectivity index (χ2n) is 6.87. The molecule has 0 saturated heterocycles. The van der Waals surface area contributed by atoms with Crippen LogP contribution in [0, 0.1) is 20.8 Å². The van der Waals surface area contributed by atoms with Gasteiger partial charge in [0.15, 0.2) is 0 Å². The van der Waals surface area contributed by atoms with Crippen molar-refractivity contribution in [3.05, 3.63) is 44.6 Å². The molecule has 1 heterocycles. The van der Waals surface area contributed by atoms with Crippen molar-refractivity contribution in [2.75, 3.05) is 5.32 Å². The molecule has 3 rings (SSSR count). The van der Waals surface area contributed by atoms with Crippen molar-refractivity contribution in [2.45, 2.75) is 58.8 Å². The number of hydrogen-bond donors (Lipinski definition) is 2. The summed E-state index contributed by atoms with van der Waals surface area (Å²) in [4.78, 5) is 13.9. The summed E-state index contributed by atoms with van der Waals surface area (Å²) >= 11 is 1.71. The highest BCUT2D eigenvalue weighted by molar-refractivity contribution is 7.10. The van der Waals surface area contributed by atoms with Crippen molar-refractivity contribution in [2.24, 2.45) is 0 Å². The standard InChI is InChI=1S/C20H25NO2S/c1-12-9-17(13(2)14(3)19(12)22)21-20(23)16-10-18(24-11-16)15-7-5-4-6-8-15/h9-11,15,22H,4-8H2,1-3H3,(H,21,23). The van der Waals surface area contributed by atoms with Gasteiger partial charge in [-0.1, -0.05) is 19.3 Å². The van der Waals surface area contributed by atoms with Gasteiger partial charge in [-0.15, -0.1) is 11.3 Å². The maximum Gasteiger partial charge on any atom is 0.256 e. The summed E-state index contributed by atoms with van der Waals surface area (Å²) in [5.41, 5.74) is 4.02. The molecular formula is C20H25NO2S. The van der Waals surface area contributed by atoms with Crippen molar-refractivity contribution in [1.29, 1.82) is 0 Å². The zero-order chi connectivity index (χ0) is 17.3. The summed E-state index contributed by atoms with van der Waals surface area (Å²) in [6.45, 7) is 5.65. The molecule has 1 aliphatic carbocycles. The molecule has 0 spiro atoms. The number of anilines is 1. The van der Waals surface area contributed by atoms with Gasteiger partial charge in [-0.25, -0.2) is 0 Å². The van der Waals surface area contributed by atoms with Crippen LogP contribution in [-0.4, -0.2) is 11.0 Å². The number of nitrogens with one attached hydrogen (secondary N) is 1. The average Bonchev–Trinajstić information content (AvgIpc) is 3.09. The van der Waals surface area contributed by atoms with Gasteiger partial charge in [0.2, 0.25) is 0 Å². The van der Waals surface area contributed by atoms with Gasteiger partial charge in [-0.05, 0) is 68.4 Å². The molecular weight excluding hydrogens is 318 g/mol. The quantitative estimate of drug-likeness (QED) is 0.704. The monoisotopic (exact) mass is 343 g/mol. The summed E-state index contributed by atoms with van der Waals surface area (Å²) < 4.78 is 0. The summed E-state index contributed by atoms with van der Waals surface area (Å²) in [7, 11) is 0. The molecule has 0 aliphatic heterocycles. The zero-order valence-electron chi connectivity index (χ0n) is 14.6. The van der Waals surface area contributed by atoms with Gasteiger partial charge in [0.1, 0.15) is 5.75 Å². The fraction of sp³-hybridized carbons (Fsp3) is 0.450. The first-order valence-electron chi connectivity index (χ1n) is 8.67. The lowest BCUT2D eigenvalue weighted by atomic mass is 9.88. The Morgan fingerprint density at radius 2 is 1.83 bits per heavy atom. The van der Waals surface area contributed by atoms with Crippen LogP contribution in [-0.2, 0) is 0 Å². The normalized spacial score (nSPS) is 15.5. The molecule has 3 nitrogen and oxygen atoms in total. The fourth-order valence-corrected chi connectivity index (χ4v) is 4.53. The highest BCUT2D eigenvalue weighted by atomic mass is 32.1. The molecule has 1 amide bonds. The number of thiophene rings is 1. The van der Waals surface area contributed by atoms with E-state index in [1.54, 1.807) is 11.3 Å². The molecule has 2 N–H and O–H groups in total. The van der Waals surface area contributed by atoms with Gasteiger partial charge in [0.05, 0.1) is 5.56 Å². The Bertz CT molecular complexity index is 757. The number of carbonyl (C=O) groups is 1. The van der Waals surface area contributed by atoms with Crippen molar-refractivity contribution < 1.29 is 9.90 Å². The zero-order valence-corrected chi connectivity index (χ0v) is 15.4. The number of phenols is 1. The molecule has 4 heteroatoms. The van der Waals surface area contributed by atoms with Gasteiger partial charge >= 0.3 is 0 Å². The lowest BCUT2D eigenvalue weighted by Gasteiger charge is -2.19. The number of rotatable bonds is 3. The topological polar surface area (TPSA) is 49.3 Å². The fourth-order valence-electron chi connectivity index (χ4n) is 3.47.